The van der Waals surface area contributed by atoms with Crippen LogP contribution in [0, 0.1) is 11.3 Å². The Labute approximate surface area is 78.5 Å². The van der Waals surface area contributed by atoms with Crippen LogP contribution in [-0.2, 0) is 0 Å². The number of nitriles is 1. The zero-order valence-corrected chi connectivity index (χ0v) is 7.67. The summed E-state index contributed by atoms with van der Waals surface area (Å²) in [5.41, 5.74) is 2.78. The van der Waals surface area contributed by atoms with Gasteiger partial charge < -0.3 is 5.32 Å². The maximum atomic E-state index is 8.56. The topological polar surface area (TPSA) is 35.8 Å². The molecule has 13 heavy (non-hydrogen) atoms. The summed E-state index contributed by atoms with van der Waals surface area (Å²) in [5.74, 6) is 0. The summed E-state index contributed by atoms with van der Waals surface area (Å²) >= 11 is 0. The minimum absolute atomic E-state index is 0.681. The molecule has 1 aromatic carbocycles. The van der Waals surface area contributed by atoms with Crippen molar-refractivity contribution in [3.8, 4) is 6.07 Å². The average molecular weight is 172 g/mol. The Balaban J connectivity index is 2.60. The molecule has 1 aromatic rings. The fourth-order valence-electron chi connectivity index (χ4n) is 0.916. The highest BCUT2D eigenvalue weighted by atomic mass is 14.9. The van der Waals surface area contributed by atoms with Gasteiger partial charge in [-0.1, -0.05) is 12.2 Å². The molecule has 0 saturated carbocycles. The molecule has 66 valence electrons. The summed E-state index contributed by atoms with van der Waals surface area (Å²) in [6.07, 6.45) is 0. The summed E-state index contributed by atoms with van der Waals surface area (Å²) in [4.78, 5) is 0. The second-order valence-electron chi connectivity index (χ2n) is 3.00. The number of hydrogen-bond acceptors (Lipinski definition) is 2. The zero-order valence-electron chi connectivity index (χ0n) is 7.67. The Morgan fingerprint density at radius 2 is 2.08 bits per heavy atom. The monoisotopic (exact) mass is 172 g/mol. The summed E-state index contributed by atoms with van der Waals surface area (Å²) in [6.45, 7) is 6.53. The van der Waals surface area contributed by atoms with Crippen LogP contribution < -0.4 is 5.32 Å². The van der Waals surface area contributed by atoms with E-state index in [1.807, 2.05) is 19.1 Å². The number of nitrogens with one attached hydrogen (secondary N) is 1. The lowest BCUT2D eigenvalue weighted by atomic mass is 10.2. The van der Waals surface area contributed by atoms with Gasteiger partial charge >= 0.3 is 0 Å². The van der Waals surface area contributed by atoms with Crippen molar-refractivity contribution in [1.82, 2.24) is 0 Å². The third-order valence-corrected chi connectivity index (χ3v) is 1.61. The molecule has 1 N–H and O–H groups in total. The molecule has 0 bridgehead atoms. The van der Waals surface area contributed by atoms with E-state index in [9.17, 15) is 0 Å². The average Bonchev–Trinajstić information content (AvgIpc) is 2.15. The molecule has 0 aliphatic carbocycles. The normalized spacial score (nSPS) is 8.92. The van der Waals surface area contributed by atoms with Crippen LogP contribution in [0.3, 0.4) is 0 Å². The van der Waals surface area contributed by atoms with Crippen molar-refractivity contribution in [2.75, 3.05) is 11.9 Å². The third-order valence-electron chi connectivity index (χ3n) is 1.61. The Morgan fingerprint density at radius 3 is 2.54 bits per heavy atom. The van der Waals surface area contributed by atoms with Crippen LogP contribution in [0.15, 0.2) is 36.4 Å². The highest BCUT2D eigenvalue weighted by Gasteiger charge is 1.92. The first-order valence-electron chi connectivity index (χ1n) is 4.11. The molecule has 0 unspecified atom stereocenters. The lowest BCUT2D eigenvalue weighted by Crippen LogP contribution is -2.01. The van der Waals surface area contributed by atoms with E-state index < -0.39 is 0 Å². The molecule has 2 nitrogen and oxygen atoms in total. The predicted molar refractivity (Wildman–Crippen MR) is 54.5 cm³/mol. The number of nitrogens with zero attached hydrogens (tertiary/aromatic N) is 1. The van der Waals surface area contributed by atoms with E-state index in [1.165, 1.54) is 0 Å². The molecule has 0 amide bonds. The standard InChI is InChI=1S/C11H12N2/c1-9(2)8-13-11-5-3-10(7-12)4-6-11/h3-6,13H,1,8H2,2H3. The van der Waals surface area contributed by atoms with Gasteiger partial charge in [0.05, 0.1) is 11.6 Å². The fraction of sp³-hybridized carbons (Fsp3) is 0.182. The first kappa shape index (κ1) is 9.34. The smallest absolute Gasteiger partial charge is 0.0991 e. The highest BCUT2D eigenvalue weighted by molar-refractivity contribution is 5.47. The van der Waals surface area contributed by atoms with Gasteiger partial charge in [-0.25, -0.2) is 0 Å². The van der Waals surface area contributed by atoms with Crippen molar-refractivity contribution in [1.29, 1.82) is 5.26 Å². The quantitative estimate of drug-likeness (QED) is 0.711. The zero-order chi connectivity index (χ0) is 9.68. The maximum absolute atomic E-state index is 8.56. The van der Waals surface area contributed by atoms with Crippen molar-refractivity contribution in [2.24, 2.45) is 0 Å². The van der Waals surface area contributed by atoms with Crippen LogP contribution in [0.4, 0.5) is 5.69 Å². The van der Waals surface area contributed by atoms with Crippen molar-refractivity contribution < 1.29 is 0 Å². The van der Waals surface area contributed by atoms with E-state index in [0.717, 1.165) is 17.8 Å². The van der Waals surface area contributed by atoms with Gasteiger partial charge in [-0.3, -0.25) is 0 Å². The van der Waals surface area contributed by atoms with Crippen LogP contribution in [0.1, 0.15) is 12.5 Å². The summed E-state index contributed by atoms with van der Waals surface area (Å²) in [7, 11) is 0. The number of hydrogen-bond donors (Lipinski definition) is 1. The molecule has 0 fully saturated rings. The van der Waals surface area contributed by atoms with Crippen LogP contribution in [0.25, 0.3) is 0 Å². The maximum Gasteiger partial charge on any atom is 0.0991 e. The van der Waals surface area contributed by atoms with Crippen molar-refractivity contribution in [2.45, 2.75) is 6.92 Å². The van der Waals surface area contributed by atoms with Gasteiger partial charge in [0.2, 0.25) is 0 Å². The van der Waals surface area contributed by atoms with E-state index in [-0.39, 0.29) is 0 Å². The molecule has 1 rings (SSSR count). The summed E-state index contributed by atoms with van der Waals surface area (Å²) in [5, 5.41) is 11.7. The van der Waals surface area contributed by atoms with Gasteiger partial charge in [0.1, 0.15) is 0 Å². The summed E-state index contributed by atoms with van der Waals surface area (Å²) in [6, 6.07) is 9.44. The van der Waals surface area contributed by atoms with Crippen molar-refractivity contribution in [3.63, 3.8) is 0 Å². The number of anilines is 1. The van der Waals surface area contributed by atoms with Crippen LogP contribution in [0.2, 0.25) is 0 Å². The first-order valence-corrected chi connectivity index (χ1v) is 4.11. The van der Waals surface area contributed by atoms with E-state index in [0.29, 0.717) is 5.56 Å². The molecule has 0 atom stereocenters. The predicted octanol–water partition coefficient (Wildman–Crippen LogP) is 2.55. The van der Waals surface area contributed by atoms with Gasteiger partial charge in [-0.2, -0.15) is 5.26 Å². The van der Waals surface area contributed by atoms with E-state index >= 15 is 0 Å². The minimum Gasteiger partial charge on any atom is -0.381 e. The molecular weight excluding hydrogens is 160 g/mol. The van der Waals surface area contributed by atoms with Crippen LogP contribution >= 0.6 is 0 Å². The number of benzene rings is 1. The second-order valence-corrected chi connectivity index (χ2v) is 3.00. The van der Waals surface area contributed by atoms with Crippen molar-refractivity contribution in [3.05, 3.63) is 42.0 Å². The summed E-state index contributed by atoms with van der Waals surface area (Å²) < 4.78 is 0. The molecular formula is C11H12N2. The Bertz CT molecular complexity index is 330. The molecule has 0 aromatic heterocycles. The Kier molecular flexibility index (Phi) is 3.10. The molecule has 0 aliphatic heterocycles. The van der Waals surface area contributed by atoms with Crippen LogP contribution in [0.5, 0.6) is 0 Å². The van der Waals surface area contributed by atoms with Gasteiger partial charge in [-0.05, 0) is 31.2 Å². The van der Waals surface area contributed by atoms with Gasteiger partial charge in [0, 0.05) is 12.2 Å². The largest absolute Gasteiger partial charge is 0.381 e. The van der Waals surface area contributed by atoms with E-state index in [2.05, 4.69) is 18.0 Å². The second kappa shape index (κ2) is 4.32. The Morgan fingerprint density at radius 1 is 1.46 bits per heavy atom. The van der Waals surface area contributed by atoms with Gasteiger partial charge in [0.15, 0.2) is 0 Å². The van der Waals surface area contributed by atoms with E-state index in [4.69, 9.17) is 5.26 Å². The minimum atomic E-state index is 0.681. The molecule has 0 aliphatic rings. The molecule has 2 heteroatoms. The van der Waals surface area contributed by atoms with E-state index in [1.54, 1.807) is 12.1 Å². The lowest BCUT2D eigenvalue weighted by molar-refractivity contribution is 1.22. The highest BCUT2D eigenvalue weighted by Crippen LogP contribution is 2.08. The van der Waals surface area contributed by atoms with Crippen molar-refractivity contribution >= 4 is 5.69 Å². The number of rotatable bonds is 3. The first-order chi connectivity index (χ1) is 6.22. The molecule has 0 heterocycles. The third kappa shape index (κ3) is 3.00. The van der Waals surface area contributed by atoms with Crippen LogP contribution in [-0.4, -0.2) is 6.54 Å². The lowest BCUT2D eigenvalue weighted by Gasteiger charge is -2.04. The molecule has 0 saturated heterocycles. The van der Waals surface area contributed by atoms with Gasteiger partial charge in [-0.15, -0.1) is 0 Å². The van der Waals surface area contributed by atoms with Gasteiger partial charge in [0.25, 0.3) is 0 Å². The molecule has 0 spiro atoms. The fourth-order valence-corrected chi connectivity index (χ4v) is 0.916. The SMILES string of the molecule is C=C(C)CNc1ccc(C#N)cc1. The molecule has 0 radical (unpaired) electrons. The Hall–Kier alpha value is -1.75.